The summed E-state index contributed by atoms with van der Waals surface area (Å²) in [6, 6.07) is 5.43. The normalized spacial score (nSPS) is 13.9. The van der Waals surface area contributed by atoms with E-state index in [1.165, 1.54) is 0 Å². The molecule has 0 bridgehead atoms. The van der Waals surface area contributed by atoms with Gasteiger partial charge in [0.2, 0.25) is 5.91 Å². The third-order valence-corrected chi connectivity index (χ3v) is 3.16. The van der Waals surface area contributed by atoms with Crippen molar-refractivity contribution in [1.29, 1.82) is 0 Å². The van der Waals surface area contributed by atoms with Gasteiger partial charge in [-0.1, -0.05) is 20.8 Å². The van der Waals surface area contributed by atoms with E-state index in [0.717, 1.165) is 24.4 Å². The van der Waals surface area contributed by atoms with Crippen molar-refractivity contribution in [3.05, 3.63) is 18.2 Å². The molecule has 0 atom stereocenters. The second-order valence-corrected chi connectivity index (χ2v) is 6.39. The first-order valence-corrected chi connectivity index (χ1v) is 7.34. The molecule has 5 nitrogen and oxygen atoms in total. The second kappa shape index (κ2) is 6.80. The average molecular weight is 292 g/mol. The number of hydrogen-bond donors (Lipinski definition) is 2. The van der Waals surface area contributed by atoms with Crippen LogP contribution >= 0.6 is 0 Å². The monoisotopic (exact) mass is 292 g/mol. The molecule has 0 aliphatic carbocycles. The highest BCUT2D eigenvalue weighted by Crippen LogP contribution is 2.32. The lowest BCUT2D eigenvalue weighted by atomic mass is 9.92. The summed E-state index contributed by atoms with van der Waals surface area (Å²) in [6.45, 7) is 8.80. The number of rotatable bonds is 5. The number of ether oxygens (including phenoxy) is 2. The van der Waals surface area contributed by atoms with Gasteiger partial charge in [-0.15, -0.1) is 0 Å². The largest absolute Gasteiger partial charge is 0.486 e. The Morgan fingerprint density at radius 3 is 2.62 bits per heavy atom. The van der Waals surface area contributed by atoms with Gasteiger partial charge >= 0.3 is 0 Å². The van der Waals surface area contributed by atoms with Gasteiger partial charge in [0.05, 0.1) is 6.54 Å². The number of hydrogen-bond acceptors (Lipinski definition) is 4. The highest BCUT2D eigenvalue weighted by molar-refractivity contribution is 5.92. The molecule has 1 aliphatic rings. The van der Waals surface area contributed by atoms with Crippen molar-refractivity contribution < 1.29 is 14.3 Å². The molecule has 0 fully saturated rings. The van der Waals surface area contributed by atoms with Crippen molar-refractivity contribution in [1.82, 2.24) is 5.32 Å². The standard InChI is InChI=1S/C16H24N2O3/c1-16(2,3)6-7-17-11-15(19)18-12-4-5-13-14(10-12)21-9-8-20-13/h4-5,10,17H,6-9,11H2,1-3H3,(H,18,19). The van der Waals surface area contributed by atoms with Crippen molar-refractivity contribution in [2.45, 2.75) is 27.2 Å². The van der Waals surface area contributed by atoms with Gasteiger partial charge in [0.1, 0.15) is 13.2 Å². The molecule has 21 heavy (non-hydrogen) atoms. The van der Waals surface area contributed by atoms with Crippen LogP contribution < -0.4 is 20.1 Å². The number of amides is 1. The van der Waals surface area contributed by atoms with Gasteiger partial charge in [0.25, 0.3) is 0 Å². The van der Waals surface area contributed by atoms with E-state index in [-0.39, 0.29) is 11.3 Å². The first kappa shape index (κ1) is 15.6. The maximum atomic E-state index is 11.9. The summed E-state index contributed by atoms with van der Waals surface area (Å²) in [5.74, 6) is 1.35. The molecule has 1 aliphatic heterocycles. The van der Waals surface area contributed by atoms with E-state index in [0.29, 0.717) is 25.5 Å². The van der Waals surface area contributed by atoms with Crippen LogP contribution in [0.5, 0.6) is 11.5 Å². The highest BCUT2D eigenvalue weighted by atomic mass is 16.6. The topological polar surface area (TPSA) is 59.6 Å². The Morgan fingerprint density at radius 2 is 1.90 bits per heavy atom. The van der Waals surface area contributed by atoms with Crippen LogP contribution in [0.2, 0.25) is 0 Å². The van der Waals surface area contributed by atoms with Gasteiger partial charge < -0.3 is 20.1 Å². The maximum Gasteiger partial charge on any atom is 0.238 e. The molecule has 0 saturated heterocycles. The predicted molar refractivity (Wildman–Crippen MR) is 83.0 cm³/mol. The van der Waals surface area contributed by atoms with Crippen LogP contribution in [0.4, 0.5) is 5.69 Å². The van der Waals surface area contributed by atoms with E-state index < -0.39 is 0 Å². The van der Waals surface area contributed by atoms with Gasteiger partial charge in [-0.25, -0.2) is 0 Å². The lowest BCUT2D eigenvalue weighted by Crippen LogP contribution is -2.30. The fourth-order valence-electron chi connectivity index (χ4n) is 1.99. The summed E-state index contributed by atoms with van der Waals surface area (Å²) in [4.78, 5) is 11.9. The van der Waals surface area contributed by atoms with Crippen LogP contribution in [0.25, 0.3) is 0 Å². The van der Waals surface area contributed by atoms with Crippen molar-refractivity contribution in [3.63, 3.8) is 0 Å². The van der Waals surface area contributed by atoms with E-state index in [1.807, 2.05) is 12.1 Å². The van der Waals surface area contributed by atoms with Crippen molar-refractivity contribution in [2.24, 2.45) is 5.41 Å². The van der Waals surface area contributed by atoms with Crippen LogP contribution in [0, 0.1) is 5.41 Å². The van der Waals surface area contributed by atoms with Gasteiger partial charge in [-0.2, -0.15) is 0 Å². The molecule has 2 rings (SSSR count). The molecule has 1 aromatic rings. The van der Waals surface area contributed by atoms with E-state index >= 15 is 0 Å². The van der Waals surface area contributed by atoms with Gasteiger partial charge in [-0.05, 0) is 30.5 Å². The molecule has 0 saturated carbocycles. The van der Waals surface area contributed by atoms with Crippen molar-refractivity contribution in [2.75, 3.05) is 31.6 Å². The van der Waals surface area contributed by atoms with Crippen LogP contribution in [0.3, 0.4) is 0 Å². The first-order valence-electron chi connectivity index (χ1n) is 7.34. The summed E-state index contributed by atoms with van der Waals surface area (Å²) in [5, 5.41) is 6.01. The molecule has 0 aromatic heterocycles. The number of carbonyl (C=O) groups excluding carboxylic acids is 1. The molecule has 0 radical (unpaired) electrons. The predicted octanol–water partition coefficient (Wildman–Crippen LogP) is 2.42. The highest BCUT2D eigenvalue weighted by Gasteiger charge is 2.13. The van der Waals surface area contributed by atoms with Crippen LogP contribution in [-0.2, 0) is 4.79 Å². The summed E-state index contributed by atoms with van der Waals surface area (Å²) < 4.78 is 10.9. The zero-order valence-electron chi connectivity index (χ0n) is 13.0. The molecule has 0 unspecified atom stereocenters. The first-order chi connectivity index (χ1) is 9.94. The minimum atomic E-state index is -0.0550. The Hall–Kier alpha value is -1.75. The quantitative estimate of drug-likeness (QED) is 0.818. The molecule has 2 N–H and O–H groups in total. The molecular weight excluding hydrogens is 268 g/mol. The summed E-state index contributed by atoms with van der Waals surface area (Å²) >= 11 is 0. The van der Waals surface area contributed by atoms with Crippen LogP contribution in [0.15, 0.2) is 18.2 Å². The summed E-state index contributed by atoms with van der Waals surface area (Å²) in [7, 11) is 0. The van der Waals surface area contributed by atoms with E-state index in [2.05, 4.69) is 31.4 Å². The van der Waals surface area contributed by atoms with Crippen LogP contribution in [0.1, 0.15) is 27.2 Å². The minimum absolute atomic E-state index is 0.0550. The lowest BCUT2D eigenvalue weighted by molar-refractivity contribution is -0.115. The molecule has 1 heterocycles. The van der Waals surface area contributed by atoms with Crippen LogP contribution in [-0.4, -0.2) is 32.2 Å². The third kappa shape index (κ3) is 5.27. The van der Waals surface area contributed by atoms with E-state index in [9.17, 15) is 4.79 Å². The van der Waals surface area contributed by atoms with Gasteiger partial charge in [-0.3, -0.25) is 4.79 Å². The Labute approximate surface area is 126 Å². The smallest absolute Gasteiger partial charge is 0.238 e. The molecule has 116 valence electrons. The minimum Gasteiger partial charge on any atom is -0.486 e. The summed E-state index contributed by atoms with van der Waals surface area (Å²) in [5.41, 5.74) is 1.00. The Balaban J connectivity index is 1.77. The number of benzene rings is 1. The fourth-order valence-corrected chi connectivity index (χ4v) is 1.99. The Kier molecular flexibility index (Phi) is 5.07. The Morgan fingerprint density at radius 1 is 1.19 bits per heavy atom. The molecule has 1 aromatic carbocycles. The maximum absolute atomic E-state index is 11.9. The fraction of sp³-hybridized carbons (Fsp3) is 0.562. The van der Waals surface area contributed by atoms with E-state index in [1.54, 1.807) is 6.07 Å². The molecule has 5 heteroatoms. The number of anilines is 1. The van der Waals surface area contributed by atoms with Crippen molar-refractivity contribution in [3.8, 4) is 11.5 Å². The lowest BCUT2D eigenvalue weighted by Gasteiger charge is -2.19. The average Bonchev–Trinajstić information content (AvgIpc) is 2.42. The molecule has 0 spiro atoms. The van der Waals surface area contributed by atoms with E-state index in [4.69, 9.17) is 9.47 Å². The SMILES string of the molecule is CC(C)(C)CCNCC(=O)Nc1ccc2c(c1)OCCO2. The Bertz CT molecular complexity index is 495. The molecule has 1 amide bonds. The second-order valence-electron chi connectivity index (χ2n) is 6.39. The number of carbonyl (C=O) groups is 1. The molecular formula is C16H24N2O3. The third-order valence-electron chi connectivity index (χ3n) is 3.16. The zero-order chi connectivity index (χ0) is 15.3. The zero-order valence-corrected chi connectivity index (χ0v) is 13.0. The number of fused-ring (bicyclic) bond motifs is 1. The van der Waals surface area contributed by atoms with Gasteiger partial charge in [0.15, 0.2) is 11.5 Å². The van der Waals surface area contributed by atoms with Gasteiger partial charge in [0, 0.05) is 11.8 Å². The number of nitrogens with one attached hydrogen (secondary N) is 2. The summed E-state index contributed by atoms with van der Waals surface area (Å²) in [6.07, 6.45) is 1.03. The van der Waals surface area contributed by atoms with Crippen molar-refractivity contribution >= 4 is 11.6 Å².